The van der Waals surface area contributed by atoms with E-state index in [4.69, 9.17) is 37.0 Å². The highest BCUT2D eigenvalue weighted by Crippen LogP contribution is 2.45. The second-order valence-electron chi connectivity index (χ2n) is 28.1. The summed E-state index contributed by atoms with van der Waals surface area (Å²) >= 11 is 0. The normalized spacial score (nSPS) is 14.1. The molecule has 0 radical (unpaired) electrons. The Balaban J connectivity index is 5.18. The van der Waals surface area contributed by atoms with Gasteiger partial charge in [-0.05, 0) is 43.4 Å². The number of carbonyl (C=O) groups excluding carboxylic acids is 4. The zero-order valence-electron chi connectivity index (χ0n) is 60.7. The van der Waals surface area contributed by atoms with E-state index in [1.807, 2.05) is 0 Å². The zero-order chi connectivity index (χ0) is 68.7. The Morgan fingerprint density at radius 2 is 0.495 bits per heavy atom. The molecule has 0 aromatic carbocycles. The molecule has 0 saturated heterocycles. The molecule has 0 aromatic rings. The first kappa shape index (κ1) is 91.1. The van der Waals surface area contributed by atoms with Gasteiger partial charge in [0, 0.05) is 25.7 Å². The third-order valence-electron chi connectivity index (χ3n) is 17.1. The molecule has 0 aliphatic rings. The molecule has 0 spiro atoms. The van der Waals surface area contributed by atoms with E-state index in [9.17, 15) is 43.2 Å². The van der Waals surface area contributed by atoms with Crippen molar-refractivity contribution in [2.24, 2.45) is 17.8 Å². The molecule has 2 unspecified atom stereocenters. The average Bonchev–Trinajstić information content (AvgIpc) is 1.66. The lowest BCUT2D eigenvalue weighted by Gasteiger charge is -2.21. The molecule has 0 heterocycles. The van der Waals surface area contributed by atoms with Crippen LogP contribution in [0.1, 0.15) is 376 Å². The number of ether oxygens (including phenoxy) is 4. The Labute approximate surface area is 568 Å². The van der Waals surface area contributed by atoms with Crippen molar-refractivity contribution in [1.82, 2.24) is 0 Å². The van der Waals surface area contributed by atoms with Gasteiger partial charge in [0.25, 0.3) is 0 Å². The number of phosphoric ester groups is 2. The predicted molar refractivity (Wildman–Crippen MR) is 377 cm³/mol. The van der Waals surface area contributed by atoms with Gasteiger partial charge < -0.3 is 33.8 Å². The van der Waals surface area contributed by atoms with Gasteiger partial charge in [-0.2, -0.15) is 0 Å². The highest BCUT2D eigenvalue weighted by Gasteiger charge is 2.30. The number of rotatable bonds is 72. The molecule has 5 atom stereocenters. The van der Waals surface area contributed by atoms with Gasteiger partial charge in [-0.1, -0.05) is 325 Å². The topological polar surface area (TPSA) is 237 Å². The molecule has 19 heteroatoms. The highest BCUT2D eigenvalue weighted by molar-refractivity contribution is 7.47. The molecule has 0 fully saturated rings. The Morgan fingerprint density at radius 1 is 0.290 bits per heavy atom. The average molecular weight is 1370 g/mol. The van der Waals surface area contributed by atoms with Gasteiger partial charge in [0.05, 0.1) is 26.4 Å². The highest BCUT2D eigenvalue weighted by atomic mass is 31.2. The van der Waals surface area contributed by atoms with E-state index in [0.717, 1.165) is 115 Å². The molecule has 0 amide bonds. The molecule has 0 rings (SSSR count). The number of aliphatic hydroxyl groups is 1. The molecule has 0 saturated carbocycles. The fourth-order valence-corrected chi connectivity index (χ4v) is 12.8. The summed E-state index contributed by atoms with van der Waals surface area (Å²) in [6.07, 6.45) is 50.3. The van der Waals surface area contributed by atoms with Gasteiger partial charge in [0.2, 0.25) is 0 Å². The summed E-state index contributed by atoms with van der Waals surface area (Å²) in [5.74, 6) is 0.178. The van der Waals surface area contributed by atoms with Crippen molar-refractivity contribution in [2.75, 3.05) is 39.6 Å². The first-order valence-corrected chi connectivity index (χ1v) is 41.3. The lowest BCUT2D eigenvalue weighted by Crippen LogP contribution is -2.30. The first-order chi connectivity index (χ1) is 44.7. The van der Waals surface area contributed by atoms with Gasteiger partial charge in [0.1, 0.15) is 19.3 Å². The lowest BCUT2D eigenvalue weighted by atomic mass is 10.0. The van der Waals surface area contributed by atoms with Crippen LogP contribution in [0.5, 0.6) is 0 Å². The quantitative estimate of drug-likeness (QED) is 0.0222. The molecule has 3 N–H and O–H groups in total. The maximum absolute atomic E-state index is 13.1. The monoisotopic (exact) mass is 1370 g/mol. The Morgan fingerprint density at radius 3 is 0.731 bits per heavy atom. The van der Waals surface area contributed by atoms with E-state index >= 15 is 0 Å². The molecule has 552 valence electrons. The van der Waals surface area contributed by atoms with Crippen LogP contribution in [0, 0.1) is 17.8 Å². The maximum atomic E-state index is 13.1. The zero-order valence-corrected chi connectivity index (χ0v) is 62.5. The number of hydrogen-bond donors (Lipinski definition) is 3. The van der Waals surface area contributed by atoms with Crippen molar-refractivity contribution in [3.8, 4) is 0 Å². The minimum atomic E-state index is -4.96. The number of aliphatic hydroxyl groups excluding tert-OH is 1. The van der Waals surface area contributed by atoms with Gasteiger partial charge in [-0.25, -0.2) is 9.13 Å². The van der Waals surface area contributed by atoms with Crippen LogP contribution in [-0.2, 0) is 65.4 Å². The fourth-order valence-electron chi connectivity index (χ4n) is 11.2. The van der Waals surface area contributed by atoms with Crippen LogP contribution in [0.4, 0.5) is 0 Å². The molecule has 17 nitrogen and oxygen atoms in total. The van der Waals surface area contributed by atoms with E-state index in [0.29, 0.717) is 31.6 Å². The number of phosphoric acid groups is 2. The van der Waals surface area contributed by atoms with Gasteiger partial charge in [-0.15, -0.1) is 0 Å². The number of esters is 4. The molecule has 0 aliphatic carbocycles. The van der Waals surface area contributed by atoms with Crippen molar-refractivity contribution in [3.63, 3.8) is 0 Å². The van der Waals surface area contributed by atoms with Crippen LogP contribution >= 0.6 is 15.6 Å². The number of carbonyl (C=O) groups is 4. The molecule has 93 heavy (non-hydrogen) atoms. The summed E-state index contributed by atoms with van der Waals surface area (Å²) in [4.78, 5) is 72.5. The summed E-state index contributed by atoms with van der Waals surface area (Å²) in [5.41, 5.74) is 0. The van der Waals surface area contributed by atoms with E-state index < -0.39 is 97.5 Å². The predicted octanol–water partition coefficient (Wildman–Crippen LogP) is 21.4. The van der Waals surface area contributed by atoms with E-state index in [1.165, 1.54) is 173 Å². The summed E-state index contributed by atoms with van der Waals surface area (Å²) in [7, 11) is -9.90. The van der Waals surface area contributed by atoms with Crippen LogP contribution in [0.25, 0.3) is 0 Å². The summed E-state index contributed by atoms with van der Waals surface area (Å²) in [6.45, 7) is 11.8. The maximum Gasteiger partial charge on any atom is 0.472 e. The molecule has 0 aliphatic heterocycles. The molecule has 0 bridgehead atoms. The van der Waals surface area contributed by atoms with E-state index in [-0.39, 0.29) is 25.7 Å². The van der Waals surface area contributed by atoms with Crippen LogP contribution in [0.2, 0.25) is 0 Å². The Kier molecular flexibility index (Phi) is 63.4. The summed E-state index contributed by atoms with van der Waals surface area (Å²) in [6, 6.07) is 0. The minimum absolute atomic E-state index is 0.103. The van der Waals surface area contributed by atoms with Crippen molar-refractivity contribution in [3.05, 3.63) is 0 Å². The van der Waals surface area contributed by atoms with Gasteiger partial charge in [0.15, 0.2) is 12.2 Å². The SMILES string of the molecule is CCCCCCCCCC(=O)OC[C@H](COP(=O)(O)OC[C@H](O)COP(=O)(O)OC[C@@H](COC(=O)CCCCCCCCCCCCCCCCCC(C)C)OC(=O)CCCCCCCCCCCCCCCCCC(C)C)OC(=O)CCCCCCCCCC(C)C. The summed E-state index contributed by atoms with van der Waals surface area (Å²) < 4.78 is 68.3. The second kappa shape index (κ2) is 64.7. The molecular weight excluding hydrogens is 1220 g/mol. The third-order valence-corrected chi connectivity index (χ3v) is 19.0. The van der Waals surface area contributed by atoms with Gasteiger partial charge in [-0.3, -0.25) is 37.3 Å². The largest absolute Gasteiger partial charge is 0.472 e. The molecule has 0 aromatic heterocycles. The minimum Gasteiger partial charge on any atom is -0.462 e. The van der Waals surface area contributed by atoms with Crippen molar-refractivity contribution in [2.45, 2.75) is 394 Å². The Bertz CT molecular complexity index is 1820. The number of unbranched alkanes of at least 4 members (excludes halogenated alkanes) is 40. The first-order valence-electron chi connectivity index (χ1n) is 38.3. The second-order valence-corrected chi connectivity index (χ2v) is 31.0. The fraction of sp³-hybridized carbons (Fsp3) is 0.946. The van der Waals surface area contributed by atoms with Crippen LogP contribution in [0.15, 0.2) is 0 Å². The Hall–Kier alpha value is -1.94. The standard InChI is InChI=1S/C74H144O17P2/c1-8-9-10-11-31-41-48-55-71(76)84-61-69(91-74(79)58-51-44-37-30-34-40-47-54-67(6)7)63-88-92(80,81)86-59-68(75)60-87-93(82,83)89-64-70(90-73(78)57-50-43-36-29-25-21-17-13-15-19-23-27-33-39-46-53-66(4)5)62-85-72(77)56-49-42-35-28-24-20-16-12-14-18-22-26-32-38-45-52-65(2)3/h65-70,75H,8-64H2,1-7H3,(H,80,81)(H,82,83)/t68-,69+,70+/m0/s1. The smallest absolute Gasteiger partial charge is 0.462 e. The van der Waals surface area contributed by atoms with Crippen LogP contribution < -0.4 is 0 Å². The van der Waals surface area contributed by atoms with Crippen molar-refractivity contribution >= 4 is 39.5 Å². The van der Waals surface area contributed by atoms with Crippen molar-refractivity contribution in [1.29, 1.82) is 0 Å². The van der Waals surface area contributed by atoms with E-state index in [2.05, 4.69) is 48.5 Å². The van der Waals surface area contributed by atoms with Crippen molar-refractivity contribution < 1.29 is 80.2 Å². The van der Waals surface area contributed by atoms with E-state index in [1.54, 1.807) is 0 Å². The number of hydrogen-bond acceptors (Lipinski definition) is 15. The van der Waals surface area contributed by atoms with Crippen LogP contribution in [0.3, 0.4) is 0 Å². The van der Waals surface area contributed by atoms with Gasteiger partial charge >= 0.3 is 39.5 Å². The lowest BCUT2D eigenvalue weighted by molar-refractivity contribution is -0.161. The third kappa shape index (κ3) is 68.4. The molecular formula is C74H144O17P2. The van der Waals surface area contributed by atoms with Crippen LogP contribution in [-0.4, -0.2) is 96.7 Å². The summed E-state index contributed by atoms with van der Waals surface area (Å²) in [5, 5.41) is 10.6.